The Kier molecular flexibility index (Phi) is 6.02. The Hall–Kier alpha value is -3.71. The molecule has 0 saturated carbocycles. The fraction of sp³-hybridized carbons (Fsp3) is 0.296. The number of fused-ring (bicyclic) bond motifs is 1. The van der Waals surface area contributed by atoms with Gasteiger partial charge in [0.15, 0.2) is 5.65 Å². The van der Waals surface area contributed by atoms with Crippen molar-refractivity contribution in [2.24, 2.45) is 0 Å². The Balaban J connectivity index is 1.50. The zero-order valence-corrected chi connectivity index (χ0v) is 19.5. The van der Waals surface area contributed by atoms with Crippen molar-refractivity contribution in [1.29, 1.82) is 0 Å². The molecular weight excluding hydrogens is 428 g/mol. The first-order chi connectivity index (χ1) is 16.5. The molecular formula is C27H28N4O3. The van der Waals surface area contributed by atoms with E-state index in [1.165, 1.54) is 0 Å². The number of morpholine rings is 1. The highest BCUT2D eigenvalue weighted by molar-refractivity contribution is 5.96. The molecule has 2 aromatic carbocycles. The summed E-state index contributed by atoms with van der Waals surface area (Å²) in [6.45, 7) is 7.95. The molecule has 0 radical (unpaired) electrons. The third-order valence-corrected chi connectivity index (χ3v) is 6.32. The Morgan fingerprint density at radius 3 is 2.50 bits per heavy atom. The van der Waals surface area contributed by atoms with E-state index in [0.29, 0.717) is 12.1 Å². The Labute approximate surface area is 198 Å². The van der Waals surface area contributed by atoms with Crippen LogP contribution in [0.1, 0.15) is 34.4 Å². The summed E-state index contributed by atoms with van der Waals surface area (Å²) in [6.07, 6.45) is 0.808. The zero-order valence-electron chi connectivity index (χ0n) is 19.5. The van der Waals surface area contributed by atoms with Crippen molar-refractivity contribution >= 4 is 22.8 Å². The van der Waals surface area contributed by atoms with Crippen molar-refractivity contribution in [2.45, 2.75) is 26.8 Å². The fourth-order valence-corrected chi connectivity index (χ4v) is 4.62. The second-order valence-corrected chi connectivity index (χ2v) is 8.57. The maximum Gasteiger partial charge on any atom is 0.336 e. The molecule has 0 amide bonds. The molecule has 1 saturated heterocycles. The van der Waals surface area contributed by atoms with Crippen LogP contribution in [0.2, 0.25) is 0 Å². The Morgan fingerprint density at radius 1 is 1.06 bits per heavy atom. The number of hydrogen-bond donors (Lipinski definition) is 1. The van der Waals surface area contributed by atoms with Gasteiger partial charge in [0, 0.05) is 25.2 Å². The maximum atomic E-state index is 11.6. The molecule has 0 atom stereocenters. The highest BCUT2D eigenvalue weighted by Crippen LogP contribution is 2.29. The van der Waals surface area contributed by atoms with E-state index in [-0.39, 0.29) is 0 Å². The third-order valence-electron chi connectivity index (χ3n) is 6.32. The van der Waals surface area contributed by atoms with Crippen LogP contribution in [0.25, 0.3) is 22.3 Å². The van der Waals surface area contributed by atoms with Gasteiger partial charge in [-0.2, -0.15) is 0 Å². The molecule has 5 rings (SSSR count). The van der Waals surface area contributed by atoms with Gasteiger partial charge in [-0.25, -0.2) is 14.8 Å². The van der Waals surface area contributed by atoms with Gasteiger partial charge in [0.25, 0.3) is 0 Å². The summed E-state index contributed by atoms with van der Waals surface area (Å²) >= 11 is 0. The first-order valence-corrected chi connectivity index (χ1v) is 11.7. The number of nitrogens with zero attached hydrogens (tertiary/aromatic N) is 4. The SMILES string of the molecule is CCc1nc2c(N3CCOCC3)cc(C)nc2n1Cc1ccc(-c2ccccc2C(=O)O)cc1. The lowest BCUT2D eigenvalue weighted by Crippen LogP contribution is -2.36. The summed E-state index contributed by atoms with van der Waals surface area (Å²) in [4.78, 5) is 23.8. The van der Waals surface area contributed by atoms with Crippen LogP contribution in [-0.4, -0.2) is 51.9 Å². The minimum absolute atomic E-state index is 0.305. The molecule has 7 nitrogen and oxygen atoms in total. The highest BCUT2D eigenvalue weighted by Gasteiger charge is 2.20. The van der Waals surface area contributed by atoms with E-state index in [4.69, 9.17) is 14.7 Å². The molecule has 2 aromatic heterocycles. The summed E-state index contributed by atoms with van der Waals surface area (Å²) in [6, 6.07) is 17.3. The lowest BCUT2D eigenvalue weighted by atomic mass is 9.99. The van der Waals surface area contributed by atoms with Crippen LogP contribution in [0.15, 0.2) is 54.6 Å². The van der Waals surface area contributed by atoms with E-state index >= 15 is 0 Å². The largest absolute Gasteiger partial charge is 0.478 e. The minimum Gasteiger partial charge on any atom is -0.478 e. The van der Waals surface area contributed by atoms with Crippen molar-refractivity contribution in [1.82, 2.24) is 14.5 Å². The topological polar surface area (TPSA) is 80.5 Å². The molecule has 1 aliphatic rings. The molecule has 0 spiro atoms. The number of carboxylic acid groups (broad SMARTS) is 1. The Morgan fingerprint density at radius 2 is 1.79 bits per heavy atom. The van der Waals surface area contributed by atoms with Gasteiger partial charge in [-0.05, 0) is 35.7 Å². The first kappa shape index (κ1) is 22.1. The highest BCUT2D eigenvalue weighted by atomic mass is 16.5. The summed E-state index contributed by atoms with van der Waals surface area (Å²) < 4.78 is 7.74. The molecule has 0 bridgehead atoms. The van der Waals surface area contributed by atoms with Crippen molar-refractivity contribution in [3.05, 3.63) is 77.2 Å². The smallest absolute Gasteiger partial charge is 0.336 e. The number of carbonyl (C=O) groups is 1. The predicted octanol–water partition coefficient (Wildman–Crippen LogP) is 4.55. The normalized spacial score (nSPS) is 14.0. The number of hydrogen-bond acceptors (Lipinski definition) is 5. The van der Waals surface area contributed by atoms with Crippen LogP contribution < -0.4 is 4.90 Å². The van der Waals surface area contributed by atoms with Gasteiger partial charge in [-0.3, -0.25) is 0 Å². The summed E-state index contributed by atoms with van der Waals surface area (Å²) in [5, 5.41) is 9.52. The van der Waals surface area contributed by atoms with E-state index in [9.17, 15) is 9.90 Å². The van der Waals surface area contributed by atoms with E-state index < -0.39 is 5.97 Å². The number of rotatable bonds is 6. The van der Waals surface area contributed by atoms with Crippen LogP contribution in [-0.2, 0) is 17.7 Å². The zero-order chi connectivity index (χ0) is 23.7. The van der Waals surface area contributed by atoms with Crippen molar-refractivity contribution in [3.8, 4) is 11.1 Å². The second kappa shape index (κ2) is 9.27. The molecule has 0 aliphatic carbocycles. The number of pyridine rings is 1. The number of carboxylic acids is 1. The summed E-state index contributed by atoms with van der Waals surface area (Å²) in [5.74, 6) is 0.0811. The number of aromatic carboxylic acids is 1. The molecule has 34 heavy (non-hydrogen) atoms. The average molecular weight is 457 g/mol. The number of aromatic nitrogens is 3. The molecule has 1 aliphatic heterocycles. The number of imidazole rings is 1. The fourth-order valence-electron chi connectivity index (χ4n) is 4.62. The molecule has 7 heteroatoms. The van der Waals surface area contributed by atoms with Gasteiger partial charge in [-0.1, -0.05) is 49.4 Å². The van der Waals surface area contributed by atoms with Gasteiger partial charge in [0.2, 0.25) is 0 Å². The van der Waals surface area contributed by atoms with Gasteiger partial charge < -0.3 is 19.3 Å². The van der Waals surface area contributed by atoms with E-state index in [1.807, 2.05) is 31.2 Å². The number of aryl methyl sites for hydroxylation is 2. The van der Waals surface area contributed by atoms with Crippen LogP contribution >= 0.6 is 0 Å². The monoisotopic (exact) mass is 456 g/mol. The average Bonchev–Trinajstić information content (AvgIpc) is 3.21. The van der Waals surface area contributed by atoms with Crippen molar-refractivity contribution in [2.75, 3.05) is 31.2 Å². The van der Waals surface area contributed by atoms with Crippen LogP contribution in [0.4, 0.5) is 5.69 Å². The van der Waals surface area contributed by atoms with Crippen LogP contribution in [0, 0.1) is 6.92 Å². The van der Waals surface area contributed by atoms with E-state index in [2.05, 4.69) is 34.6 Å². The lowest BCUT2D eigenvalue weighted by Gasteiger charge is -2.29. The molecule has 1 fully saturated rings. The summed E-state index contributed by atoms with van der Waals surface area (Å²) in [5.41, 5.74) is 6.96. The van der Waals surface area contributed by atoms with E-state index in [0.717, 1.165) is 77.8 Å². The molecule has 0 unspecified atom stereocenters. The van der Waals surface area contributed by atoms with Gasteiger partial charge in [-0.15, -0.1) is 0 Å². The number of benzene rings is 2. The summed E-state index contributed by atoms with van der Waals surface area (Å²) in [7, 11) is 0. The lowest BCUT2D eigenvalue weighted by molar-refractivity contribution is 0.0697. The van der Waals surface area contributed by atoms with Crippen LogP contribution in [0.3, 0.4) is 0 Å². The number of ether oxygens (including phenoxy) is 1. The minimum atomic E-state index is -0.922. The standard InChI is InChI=1S/C27H28N4O3/c1-3-24-29-25-23(30-12-14-34-15-13-30)16-18(2)28-26(25)31(24)17-19-8-10-20(11-9-19)21-6-4-5-7-22(21)27(32)33/h4-11,16H,3,12-15,17H2,1-2H3,(H,32,33). The van der Waals surface area contributed by atoms with E-state index in [1.54, 1.807) is 12.1 Å². The quantitative estimate of drug-likeness (QED) is 0.458. The van der Waals surface area contributed by atoms with Crippen LogP contribution in [0.5, 0.6) is 0 Å². The second-order valence-electron chi connectivity index (χ2n) is 8.57. The predicted molar refractivity (Wildman–Crippen MR) is 133 cm³/mol. The Bertz CT molecular complexity index is 1340. The third kappa shape index (κ3) is 4.15. The van der Waals surface area contributed by atoms with Gasteiger partial charge >= 0.3 is 5.97 Å². The molecule has 3 heterocycles. The number of anilines is 1. The maximum absolute atomic E-state index is 11.6. The molecule has 4 aromatic rings. The molecule has 174 valence electrons. The van der Waals surface area contributed by atoms with Gasteiger partial charge in [0.05, 0.1) is 31.0 Å². The first-order valence-electron chi connectivity index (χ1n) is 11.7. The molecule has 1 N–H and O–H groups in total. The van der Waals surface area contributed by atoms with Gasteiger partial charge in [0.1, 0.15) is 11.3 Å². The van der Waals surface area contributed by atoms with Crippen molar-refractivity contribution in [3.63, 3.8) is 0 Å². The van der Waals surface area contributed by atoms with Crippen molar-refractivity contribution < 1.29 is 14.6 Å².